The molecule has 12 heavy (non-hydrogen) atoms. The van der Waals surface area contributed by atoms with E-state index in [1.54, 1.807) is 0 Å². The number of benzene rings is 1. The van der Waals surface area contributed by atoms with Crippen LogP contribution in [0, 0.1) is 5.92 Å². The van der Waals surface area contributed by atoms with Crippen LogP contribution in [0.5, 0.6) is 0 Å². The lowest BCUT2D eigenvalue weighted by Gasteiger charge is -1.79. The smallest absolute Gasteiger partial charge is 0 e. The maximum atomic E-state index is 2.17. The zero-order valence-corrected chi connectivity index (χ0v) is 9.04. The molecule has 0 nitrogen and oxygen atoms in total. The summed E-state index contributed by atoms with van der Waals surface area (Å²) in [5.74, 6) is 0.833. The molecule has 1 aromatic rings. The van der Waals surface area contributed by atoms with Crippen LogP contribution in [0.25, 0.3) is 0 Å². The monoisotopic (exact) mass is 169 g/mol. The van der Waals surface area contributed by atoms with Gasteiger partial charge in [-0.05, 0) is 5.92 Å². The third-order valence-corrected chi connectivity index (χ3v) is 0.667. The van der Waals surface area contributed by atoms with Gasteiger partial charge < -0.3 is 0 Å². The standard InChI is InChI=1S/C6H6.C4H10.C2H6.H2/c1-2-4-6-5-3-1;1-4(2)3;1-2;/h1-6H;4H,1-3H3;1-2H3;1H/i;;;1+1. The van der Waals surface area contributed by atoms with Crippen LogP contribution in [-0.4, -0.2) is 0 Å². The summed E-state index contributed by atoms with van der Waals surface area (Å²) in [5.41, 5.74) is 0. The molecule has 0 saturated carbocycles. The Balaban J connectivity index is -0.000000128. The first kappa shape index (κ1) is 13.8. The Hall–Kier alpha value is -0.780. The second-order valence-electron chi connectivity index (χ2n) is 2.89. The first-order chi connectivity index (χ1) is 5.73. The van der Waals surface area contributed by atoms with E-state index in [1.807, 2.05) is 50.2 Å². The molecule has 1 aromatic carbocycles. The normalized spacial score (nSPS) is 7.50. The van der Waals surface area contributed by atoms with Crippen molar-refractivity contribution in [2.45, 2.75) is 34.6 Å². The van der Waals surface area contributed by atoms with Crippen molar-refractivity contribution in [3.8, 4) is 0 Å². The molecule has 0 N–H and O–H groups in total. The van der Waals surface area contributed by atoms with Crippen molar-refractivity contribution in [3.05, 3.63) is 36.4 Å². The molecule has 0 heterocycles. The molecule has 0 aliphatic rings. The summed E-state index contributed by atoms with van der Waals surface area (Å²) in [5, 5.41) is 0. The summed E-state index contributed by atoms with van der Waals surface area (Å²) in [6, 6.07) is 12.0. The maximum Gasteiger partial charge on any atom is 0 e. The highest BCUT2D eigenvalue weighted by Crippen LogP contribution is 1.81. The summed E-state index contributed by atoms with van der Waals surface area (Å²) in [6.07, 6.45) is 0. The lowest BCUT2D eigenvalue weighted by molar-refractivity contribution is 0.737. The van der Waals surface area contributed by atoms with Crippen molar-refractivity contribution < 1.29 is 1.43 Å². The van der Waals surface area contributed by atoms with E-state index < -0.39 is 0 Å². The van der Waals surface area contributed by atoms with Crippen molar-refractivity contribution in [1.82, 2.24) is 0 Å². The Bertz CT molecular complexity index is 106. The Morgan fingerprint density at radius 3 is 0.833 bits per heavy atom. The van der Waals surface area contributed by atoms with E-state index in [9.17, 15) is 0 Å². The lowest BCUT2D eigenvalue weighted by atomic mass is 10.3. The Kier molecular flexibility index (Phi) is 14.8. The third-order valence-electron chi connectivity index (χ3n) is 0.667. The minimum absolute atomic E-state index is 0. The molecule has 0 aliphatic carbocycles. The van der Waals surface area contributed by atoms with Gasteiger partial charge in [-0.25, -0.2) is 0 Å². The summed E-state index contributed by atoms with van der Waals surface area (Å²) in [6.45, 7) is 10.5. The molecule has 0 unspecified atom stereocenters. The van der Waals surface area contributed by atoms with Gasteiger partial charge in [-0.15, -0.1) is 0 Å². The van der Waals surface area contributed by atoms with Crippen LogP contribution in [-0.2, 0) is 0 Å². The maximum absolute atomic E-state index is 2.17. The zero-order valence-electron chi connectivity index (χ0n) is 9.04. The van der Waals surface area contributed by atoms with Gasteiger partial charge in [0, 0.05) is 1.43 Å². The fourth-order valence-corrected chi connectivity index (χ4v) is 0.385. The van der Waals surface area contributed by atoms with Gasteiger partial charge in [0.2, 0.25) is 0 Å². The van der Waals surface area contributed by atoms with Crippen LogP contribution in [0.3, 0.4) is 0 Å². The fourth-order valence-electron chi connectivity index (χ4n) is 0.385. The van der Waals surface area contributed by atoms with Gasteiger partial charge >= 0.3 is 0 Å². The van der Waals surface area contributed by atoms with E-state index >= 15 is 0 Å². The summed E-state index contributed by atoms with van der Waals surface area (Å²) in [7, 11) is 0. The molecule has 0 amide bonds. The number of rotatable bonds is 0. The molecule has 72 valence electrons. The van der Waals surface area contributed by atoms with E-state index in [-0.39, 0.29) is 1.43 Å². The first-order valence-corrected chi connectivity index (χ1v) is 4.73. The van der Waals surface area contributed by atoms with E-state index in [2.05, 4.69) is 20.8 Å². The topological polar surface area (TPSA) is 0 Å². The average molecular weight is 169 g/mol. The highest BCUT2D eigenvalue weighted by Gasteiger charge is 1.68. The van der Waals surface area contributed by atoms with Gasteiger partial charge in [0.1, 0.15) is 0 Å². The van der Waals surface area contributed by atoms with Gasteiger partial charge in [0.15, 0.2) is 0 Å². The lowest BCUT2D eigenvalue weighted by Crippen LogP contribution is -1.66. The van der Waals surface area contributed by atoms with E-state index in [0.29, 0.717) is 0 Å². The van der Waals surface area contributed by atoms with Crippen LogP contribution in [0.1, 0.15) is 36.0 Å². The second kappa shape index (κ2) is 12.9. The molecule has 0 aromatic heterocycles. The second-order valence-corrected chi connectivity index (χ2v) is 2.89. The van der Waals surface area contributed by atoms with Crippen LogP contribution in [0.15, 0.2) is 36.4 Å². The van der Waals surface area contributed by atoms with E-state index in [4.69, 9.17) is 0 Å². The molecular weight excluding hydrogens is 144 g/mol. The highest BCUT2D eigenvalue weighted by atomic mass is 13.7. The quantitative estimate of drug-likeness (QED) is 0.531. The predicted octanol–water partition coefficient (Wildman–Crippen LogP) is 4.62. The van der Waals surface area contributed by atoms with Crippen LogP contribution < -0.4 is 0 Å². The van der Waals surface area contributed by atoms with E-state index in [1.165, 1.54) is 0 Å². The summed E-state index contributed by atoms with van der Waals surface area (Å²) < 4.78 is 0. The molecule has 1 rings (SSSR count). The van der Waals surface area contributed by atoms with Crippen molar-refractivity contribution in [3.63, 3.8) is 0 Å². The van der Waals surface area contributed by atoms with Crippen LogP contribution >= 0.6 is 0 Å². The van der Waals surface area contributed by atoms with Crippen molar-refractivity contribution in [2.75, 3.05) is 0 Å². The van der Waals surface area contributed by atoms with Gasteiger partial charge in [-0.3, -0.25) is 0 Å². The zero-order chi connectivity index (χ0) is 9.82. The molecular formula is C12H24. The Labute approximate surface area is 79.1 Å². The van der Waals surface area contributed by atoms with Gasteiger partial charge in [-0.1, -0.05) is 71.0 Å². The molecule has 0 radical (unpaired) electrons. The van der Waals surface area contributed by atoms with Crippen LogP contribution in [0.2, 0.25) is 0 Å². The largest absolute Gasteiger partial charge is 0.0683 e. The summed E-state index contributed by atoms with van der Waals surface area (Å²) in [4.78, 5) is 0. The first-order valence-electron chi connectivity index (χ1n) is 4.73. The Morgan fingerprint density at radius 2 is 0.750 bits per heavy atom. The molecule has 0 heteroatoms. The summed E-state index contributed by atoms with van der Waals surface area (Å²) >= 11 is 0. The third kappa shape index (κ3) is 22.9. The molecule has 0 bridgehead atoms. The fraction of sp³-hybridized carbons (Fsp3) is 0.500. The van der Waals surface area contributed by atoms with Crippen molar-refractivity contribution in [1.29, 1.82) is 0 Å². The molecule has 0 atom stereocenters. The SMILES string of the molecule is CC.CC(C)C.[2HH].c1ccccc1. The molecule has 0 aliphatic heterocycles. The molecule has 0 saturated heterocycles. The van der Waals surface area contributed by atoms with Crippen LogP contribution in [0.4, 0.5) is 0 Å². The predicted molar refractivity (Wildman–Crippen MR) is 60.4 cm³/mol. The molecule has 0 spiro atoms. The average Bonchev–Trinajstić information content (AvgIpc) is 2.10. The van der Waals surface area contributed by atoms with Gasteiger partial charge in [-0.2, -0.15) is 0 Å². The number of hydrogen-bond acceptors (Lipinski definition) is 0. The van der Waals surface area contributed by atoms with Gasteiger partial charge in [0.25, 0.3) is 0 Å². The van der Waals surface area contributed by atoms with Crippen molar-refractivity contribution in [2.24, 2.45) is 5.92 Å². The minimum atomic E-state index is 0. The number of hydrogen-bond donors (Lipinski definition) is 0. The van der Waals surface area contributed by atoms with E-state index in [0.717, 1.165) is 5.92 Å². The van der Waals surface area contributed by atoms with Crippen molar-refractivity contribution >= 4 is 0 Å². The minimum Gasteiger partial charge on any atom is -0.0683 e. The highest BCUT2D eigenvalue weighted by molar-refractivity contribution is 4.99. The van der Waals surface area contributed by atoms with Gasteiger partial charge in [0.05, 0.1) is 0 Å². The Morgan fingerprint density at radius 1 is 0.667 bits per heavy atom. The molecule has 0 fully saturated rings.